The van der Waals surface area contributed by atoms with Crippen LogP contribution in [-0.4, -0.2) is 4.57 Å². The average Bonchev–Trinajstić information content (AvgIpc) is 3.23. The molecule has 0 amide bonds. The number of benzene rings is 4. The Kier molecular flexibility index (Phi) is 7.11. The van der Waals surface area contributed by atoms with Gasteiger partial charge >= 0.3 is 0 Å². The second-order valence-electron chi connectivity index (χ2n) is 7.88. The zero-order valence-electron chi connectivity index (χ0n) is 19.6. The van der Waals surface area contributed by atoms with Crippen LogP contribution in [0.1, 0.15) is 19.4 Å². The topological polar surface area (TPSA) is 60.2 Å². The number of hydrogen-bond acceptors (Lipinski definition) is 3. The molecule has 0 bridgehead atoms. The number of hydrazine groups is 1. The van der Waals surface area contributed by atoms with Crippen LogP contribution < -0.4 is 16.6 Å². The van der Waals surface area contributed by atoms with E-state index in [-0.39, 0.29) is 0 Å². The van der Waals surface area contributed by atoms with Crippen molar-refractivity contribution in [3.05, 3.63) is 127 Å². The Hall–Kier alpha value is -4.28. The van der Waals surface area contributed by atoms with Gasteiger partial charge in [0.15, 0.2) is 0 Å². The fraction of sp³-hybridized carbons (Fsp3) is 0.0667. The van der Waals surface area contributed by atoms with E-state index in [1.54, 1.807) is 11.2 Å². The fourth-order valence-corrected chi connectivity index (χ4v) is 3.98. The van der Waals surface area contributed by atoms with Gasteiger partial charge in [0.05, 0.1) is 28.1 Å². The lowest BCUT2D eigenvalue weighted by molar-refractivity contribution is 1.05. The van der Waals surface area contributed by atoms with Crippen LogP contribution in [0.15, 0.2) is 121 Å². The maximum atomic E-state index is 6.49. The van der Waals surface area contributed by atoms with E-state index in [2.05, 4.69) is 59.2 Å². The lowest BCUT2D eigenvalue weighted by Gasteiger charge is -2.20. The predicted octanol–water partition coefficient (Wildman–Crippen LogP) is 7.00. The standard InChI is InChI=1S/C26H22N4.C4H8/c27-22(19-10-2-1-3-11-19)18-29(28)25-16-8-9-17-26(25)30-23-14-6-4-12-20(23)21-13-5-7-15-24(21)30;1-3-4-2/h1-18H,27-28H2;3-4H,1-2H3/b22-18-;4-3-. The molecule has 170 valence electrons. The van der Waals surface area contributed by atoms with Crippen LogP contribution in [0.5, 0.6) is 0 Å². The van der Waals surface area contributed by atoms with E-state index in [1.165, 1.54) is 10.8 Å². The summed E-state index contributed by atoms with van der Waals surface area (Å²) >= 11 is 0. The molecule has 4 N–H and O–H groups in total. The molecule has 0 aliphatic carbocycles. The smallest absolute Gasteiger partial charge is 0.0809 e. The Balaban J connectivity index is 0.000000636. The molecule has 0 radical (unpaired) electrons. The maximum absolute atomic E-state index is 6.49. The molecule has 5 rings (SSSR count). The summed E-state index contributed by atoms with van der Waals surface area (Å²) in [6, 6.07) is 34.8. The molecule has 0 saturated heterocycles. The van der Waals surface area contributed by atoms with Gasteiger partial charge in [-0.05, 0) is 43.7 Å². The van der Waals surface area contributed by atoms with Crippen molar-refractivity contribution in [3.8, 4) is 5.69 Å². The Bertz CT molecular complexity index is 1390. The van der Waals surface area contributed by atoms with Crippen molar-refractivity contribution in [3.63, 3.8) is 0 Å². The normalized spacial score (nSPS) is 11.6. The third kappa shape index (κ3) is 4.58. The van der Waals surface area contributed by atoms with Gasteiger partial charge < -0.3 is 10.3 Å². The van der Waals surface area contributed by atoms with Crippen molar-refractivity contribution in [2.24, 2.45) is 11.6 Å². The van der Waals surface area contributed by atoms with E-state index in [9.17, 15) is 0 Å². The first-order valence-electron chi connectivity index (χ1n) is 11.4. The van der Waals surface area contributed by atoms with Gasteiger partial charge in [-0.25, -0.2) is 5.84 Å². The third-order valence-electron chi connectivity index (χ3n) is 5.70. The Morgan fingerprint density at radius 1 is 0.676 bits per heavy atom. The lowest BCUT2D eigenvalue weighted by atomic mass is 10.2. The summed E-state index contributed by atoms with van der Waals surface area (Å²) in [5.74, 6) is 6.49. The number of para-hydroxylation sites is 4. The van der Waals surface area contributed by atoms with Crippen molar-refractivity contribution >= 4 is 33.2 Å². The molecule has 0 atom stereocenters. The van der Waals surface area contributed by atoms with E-state index in [4.69, 9.17) is 11.6 Å². The van der Waals surface area contributed by atoms with Crippen molar-refractivity contribution in [1.82, 2.24) is 4.57 Å². The molecule has 0 saturated carbocycles. The molecule has 1 aromatic heterocycles. The lowest BCUT2D eigenvalue weighted by Crippen LogP contribution is -2.27. The van der Waals surface area contributed by atoms with Gasteiger partial charge in [-0.3, -0.25) is 5.01 Å². The van der Waals surface area contributed by atoms with Gasteiger partial charge in [0, 0.05) is 17.0 Å². The number of anilines is 1. The molecule has 0 unspecified atom stereocenters. The van der Waals surface area contributed by atoms with E-state index in [0.717, 1.165) is 28.0 Å². The predicted molar refractivity (Wildman–Crippen MR) is 147 cm³/mol. The monoisotopic (exact) mass is 446 g/mol. The SMILES string of the molecule is C/C=C\C.N/C(=C\N(N)c1ccccc1-n1c2ccccc2c2ccccc21)c1ccccc1. The Labute approximate surface area is 201 Å². The molecule has 5 aromatic rings. The van der Waals surface area contributed by atoms with E-state index >= 15 is 0 Å². The molecular weight excluding hydrogens is 416 g/mol. The summed E-state index contributed by atoms with van der Waals surface area (Å²) in [7, 11) is 0. The minimum atomic E-state index is 0.607. The highest BCUT2D eigenvalue weighted by molar-refractivity contribution is 6.09. The van der Waals surface area contributed by atoms with Crippen LogP contribution >= 0.6 is 0 Å². The van der Waals surface area contributed by atoms with E-state index in [1.807, 2.05) is 74.5 Å². The average molecular weight is 447 g/mol. The molecule has 0 aliphatic rings. The van der Waals surface area contributed by atoms with Crippen molar-refractivity contribution in [2.75, 3.05) is 5.01 Å². The Morgan fingerprint density at radius 2 is 1.18 bits per heavy atom. The molecule has 4 nitrogen and oxygen atoms in total. The quantitative estimate of drug-likeness (QED) is 0.177. The summed E-state index contributed by atoms with van der Waals surface area (Å²) in [6.07, 6.45) is 5.77. The number of fused-ring (bicyclic) bond motifs is 3. The highest BCUT2D eigenvalue weighted by atomic mass is 15.4. The van der Waals surface area contributed by atoms with Crippen molar-refractivity contribution < 1.29 is 0 Å². The van der Waals surface area contributed by atoms with Crippen molar-refractivity contribution in [1.29, 1.82) is 0 Å². The zero-order valence-corrected chi connectivity index (χ0v) is 19.6. The number of hydrogen-bond donors (Lipinski definition) is 2. The second kappa shape index (κ2) is 10.6. The molecule has 4 heteroatoms. The van der Waals surface area contributed by atoms with E-state index < -0.39 is 0 Å². The van der Waals surface area contributed by atoms with Crippen LogP contribution in [0.25, 0.3) is 33.2 Å². The summed E-state index contributed by atoms with van der Waals surface area (Å²) in [6.45, 7) is 4.00. The summed E-state index contributed by atoms with van der Waals surface area (Å²) in [5.41, 5.74) is 12.0. The number of allylic oxidation sites excluding steroid dienone is 2. The van der Waals surface area contributed by atoms with Crippen LogP contribution in [0, 0.1) is 0 Å². The second-order valence-corrected chi connectivity index (χ2v) is 7.88. The largest absolute Gasteiger partial charge is 0.397 e. The molecule has 0 fully saturated rings. The third-order valence-corrected chi connectivity index (χ3v) is 5.70. The van der Waals surface area contributed by atoms with Crippen molar-refractivity contribution in [2.45, 2.75) is 13.8 Å². The van der Waals surface area contributed by atoms with Crippen LogP contribution in [0.2, 0.25) is 0 Å². The first-order chi connectivity index (χ1) is 16.7. The minimum absolute atomic E-state index is 0.607. The number of nitrogens with zero attached hydrogens (tertiary/aromatic N) is 2. The van der Waals surface area contributed by atoms with Gasteiger partial charge in [0.1, 0.15) is 0 Å². The molecule has 34 heavy (non-hydrogen) atoms. The first kappa shape index (κ1) is 22.9. The molecule has 4 aromatic carbocycles. The summed E-state index contributed by atoms with van der Waals surface area (Å²) < 4.78 is 2.26. The van der Waals surface area contributed by atoms with E-state index in [0.29, 0.717) is 5.70 Å². The van der Waals surface area contributed by atoms with Gasteiger partial charge in [-0.2, -0.15) is 0 Å². The van der Waals surface area contributed by atoms with Crippen LogP contribution in [-0.2, 0) is 0 Å². The summed E-state index contributed by atoms with van der Waals surface area (Å²) in [4.78, 5) is 0. The van der Waals surface area contributed by atoms with Gasteiger partial charge in [0.2, 0.25) is 0 Å². The zero-order chi connectivity index (χ0) is 23.9. The molecule has 0 spiro atoms. The van der Waals surface area contributed by atoms with Gasteiger partial charge in [-0.1, -0.05) is 91.0 Å². The fourth-order valence-electron chi connectivity index (χ4n) is 3.98. The highest BCUT2D eigenvalue weighted by Gasteiger charge is 2.15. The van der Waals surface area contributed by atoms with Crippen LogP contribution in [0.4, 0.5) is 5.69 Å². The number of aromatic nitrogens is 1. The highest BCUT2D eigenvalue weighted by Crippen LogP contribution is 2.35. The molecular formula is C30H30N4. The minimum Gasteiger partial charge on any atom is -0.397 e. The number of rotatable bonds is 4. The molecule has 1 heterocycles. The Morgan fingerprint density at radius 3 is 1.76 bits per heavy atom. The first-order valence-corrected chi connectivity index (χ1v) is 11.4. The number of nitrogens with two attached hydrogens (primary N) is 2. The molecule has 0 aliphatic heterocycles. The van der Waals surface area contributed by atoms with Gasteiger partial charge in [-0.15, -0.1) is 0 Å². The summed E-state index contributed by atoms with van der Waals surface area (Å²) in [5, 5.41) is 4.03. The maximum Gasteiger partial charge on any atom is 0.0809 e. The van der Waals surface area contributed by atoms with Crippen LogP contribution in [0.3, 0.4) is 0 Å². The van der Waals surface area contributed by atoms with Gasteiger partial charge in [0.25, 0.3) is 0 Å².